The number of carbonyl (C=O) groups is 7. The molecule has 1 amide bonds. The zero-order valence-corrected chi connectivity index (χ0v) is 40.8. The number of hydrogen-bond donors (Lipinski definition) is 4. The number of hydrogen-bond acceptors (Lipinski definition) is 17. The van der Waals surface area contributed by atoms with Crippen molar-refractivity contribution >= 4 is 41.5 Å². The van der Waals surface area contributed by atoms with Crippen LogP contribution in [-0.2, 0) is 57.1 Å². The second kappa shape index (κ2) is 18.3. The summed E-state index contributed by atoms with van der Waals surface area (Å²) < 4.78 is 42.3. The van der Waals surface area contributed by atoms with Crippen LogP contribution in [0.4, 0.5) is 4.79 Å². The van der Waals surface area contributed by atoms with Crippen LogP contribution in [0.25, 0.3) is 0 Å². The second-order valence-corrected chi connectivity index (χ2v) is 21.3. The molecule has 0 spiro atoms. The molecule has 378 valence electrons. The molecule has 4 aliphatic carbocycles. The van der Waals surface area contributed by atoms with Gasteiger partial charge >= 0.3 is 30.0 Å². The van der Waals surface area contributed by atoms with Crippen LogP contribution >= 0.6 is 0 Å². The van der Waals surface area contributed by atoms with Crippen LogP contribution in [0.3, 0.4) is 0 Å². The number of alkyl carbamates (subject to hydrolysis) is 1. The molecule has 0 aromatic heterocycles. The van der Waals surface area contributed by atoms with Gasteiger partial charge in [-0.25, -0.2) is 19.2 Å². The molecule has 6 aliphatic rings. The topological polar surface area (TPSA) is 257 Å². The number of ether oxygens (including phenoxy) is 7. The maximum absolute atomic E-state index is 15.2. The van der Waals surface area contributed by atoms with Crippen molar-refractivity contribution in [1.29, 1.82) is 0 Å². The summed E-state index contributed by atoms with van der Waals surface area (Å²) in [4.78, 5) is 98.3. The molecule has 15 atom stereocenters. The summed E-state index contributed by atoms with van der Waals surface area (Å²) in [6, 6.07) is 14.5. The summed E-state index contributed by atoms with van der Waals surface area (Å²) in [5.74, 6) is -8.00. The molecule has 2 saturated heterocycles. The molecule has 2 aliphatic heterocycles. The Bertz CT molecular complexity index is 2470. The Kier molecular flexibility index (Phi) is 13.3. The maximum atomic E-state index is 15.2. The van der Waals surface area contributed by atoms with Crippen molar-refractivity contribution in [3.8, 4) is 0 Å². The molecule has 8 rings (SSSR count). The van der Waals surface area contributed by atoms with Gasteiger partial charge < -0.3 is 53.8 Å². The summed E-state index contributed by atoms with van der Waals surface area (Å²) in [6.07, 6.45) is -13.3. The largest absolute Gasteiger partial charge is 0.459 e. The van der Waals surface area contributed by atoms with E-state index in [0.717, 1.165) is 6.92 Å². The molecule has 5 fully saturated rings. The minimum Gasteiger partial charge on any atom is -0.459 e. The second-order valence-electron chi connectivity index (χ2n) is 21.3. The van der Waals surface area contributed by atoms with E-state index in [1.807, 2.05) is 0 Å². The first-order valence-electron chi connectivity index (χ1n) is 23.9. The number of nitrogens with one attached hydrogen (secondary N) is 1. The number of Topliss-reactive ketones (excluding diaryl/α,β-unsaturated/α-hetero) is 2. The van der Waals surface area contributed by atoms with Gasteiger partial charge in [-0.05, 0) is 70.7 Å². The Morgan fingerprint density at radius 2 is 1.53 bits per heavy atom. The Hall–Kier alpha value is -5.53. The van der Waals surface area contributed by atoms with E-state index in [4.69, 9.17) is 33.2 Å². The summed E-state index contributed by atoms with van der Waals surface area (Å²) in [7, 11) is 0. The Morgan fingerprint density at radius 1 is 0.900 bits per heavy atom. The van der Waals surface area contributed by atoms with Crippen molar-refractivity contribution in [1.82, 2.24) is 5.32 Å². The summed E-state index contributed by atoms with van der Waals surface area (Å²) in [5, 5.41) is 40.8. The van der Waals surface area contributed by atoms with Crippen molar-refractivity contribution in [2.75, 3.05) is 6.61 Å². The van der Waals surface area contributed by atoms with E-state index in [2.05, 4.69) is 5.32 Å². The van der Waals surface area contributed by atoms with E-state index in [1.54, 1.807) is 97.0 Å². The minimum absolute atomic E-state index is 0.0593. The number of esters is 4. The smallest absolute Gasteiger partial charge is 0.408 e. The molecular formula is C52H63NO17. The highest BCUT2D eigenvalue weighted by Crippen LogP contribution is 2.72. The van der Waals surface area contributed by atoms with Crippen LogP contribution < -0.4 is 5.32 Å². The van der Waals surface area contributed by atoms with Crippen LogP contribution in [0, 0.1) is 28.6 Å². The fourth-order valence-corrected chi connectivity index (χ4v) is 12.4. The Balaban J connectivity index is 1.23. The molecule has 4 N–H and O–H groups in total. The molecule has 0 bridgehead atoms. The lowest BCUT2D eigenvalue weighted by Gasteiger charge is -2.67. The zero-order valence-electron chi connectivity index (χ0n) is 40.8. The van der Waals surface area contributed by atoms with Gasteiger partial charge in [0.25, 0.3) is 0 Å². The van der Waals surface area contributed by atoms with E-state index in [9.17, 15) is 39.3 Å². The van der Waals surface area contributed by atoms with Crippen LogP contribution in [0.5, 0.6) is 0 Å². The monoisotopic (exact) mass is 973 g/mol. The van der Waals surface area contributed by atoms with Crippen molar-refractivity contribution in [2.45, 2.75) is 160 Å². The van der Waals surface area contributed by atoms with Crippen molar-refractivity contribution < 1.29 is 82.0 Å². The number of benzene rings is 2. The number of ketones is 2. The molecule has 2 aromatic carbocycles. The average molecular weight is 974 g/mol. The lowest BCUT2D eigenvalue weighted by molar-refractivity contribution is -0.344. The molecule has 3 saturated carbocycles. The summed E-state index contributed by atoms with van der Waals surface area (Å²) >= 11 is 0. The van der Waals surface area contributed by atoms with E-state index >= 15 is 9.59 Å². The van der Waals surface area contributed by atoms with Gasteiger partial charge in [0, 0.05) is 37.0 Å². The molecule has 4 unspecified atom stereocenters. The summed E-state index contributed by atoms with van der Waals surface area (Å²) in [5.41, 5.74) is -8.17. The van der Waals surface area contributed by atoms with Crippen LogP contribution in [0.2, 0.25) is 0 Å². The third kappa shape index (κ3) is 8.22. The van der Waals surface area contributed by atoms with Gasteiger partial charge in [0.1, 0.15) is 47.8 Å². The average Bonchev–Trinajstić information content (AvgIpc) is 3.86. The Morgan fingerprint density at radius 3 is 2.11 bits per heavy atom. The van der Waals surface area contributed by atoms with Gasteiger partial charge in [-0.15, -0.1) is 0 Å². The lowest BCUT2D eigenvalue weighted by atomic mass is 9.43. The molecule has 70 heavy (non-hydrogen) atoms. The number of amides is 1. The van der Waals surface area contributed by atoms with Crippen molar-refractivity contribution in [3.63, 3.8) is 0 Å². The van der Waals surface area contributed by atoms with E-state index in [0.29, 0.717) is 11.1 Å². The third-order valence-corrected chi connectivity index (χ3v) is 15.7. The van der Waals surface area contributed by atoms with Crippen molar-refractivity contribution in [2.24, 2.45) is 28.6 Å². The highest BCUT2D eigenvalue weighted by Gasteiger charge is 2.82. The standard InChI is InChI=1S/C52H63NO17/c1-25(2)38(56)30-20-21-31(65-30)45(60)67-40(37(28-16-12-10-13-17-28)53-47(62)70-48(5,6)7)46(61)66-32-23-52(63)43(68-44(59)29-18-14-11-15-19-29)41-49(8,33(55)22-34-51(41,24-64-34)69-27(4)54)42(58)39(57)36-26(3)35(32)50(36,52)9/h10-19,25,30-35,37,39-41,43,55,57,63H,20-24H2,1-9H3,(H,53,62)/t30?,31?,32-,33-,34+,35?,37-,39+,40+,41-,43-,49+,50?,51-,52+/m0/s1. The number of fused-ring (bicyclic) bond motifs is 3. The van der Waals surface area contributed by atoms with Gasteiger partial charge in [-0.2, -0.15) is 0 Å². The van der Waals surface area contributed by atoms with Gasteiger partial charge in [-0.3, -0.25) is 14.4 Å². The first kappa shape index (κ1) is 50.8. The first-order valence-corrected chi connectivity index (χ1v) is 23.9. The van der Waals surface area contributed by atoms with Crippen LogP contribution in [0.15, 0.2) is 71.8 Å². The van der Waals surface area contributed by atoms with Gasteiger partial charge in [-0.1, -0.05) is 74.9 Å². The first-order chi connectivity index (χ1) is 32.8. The van der Waals surface area contributed by atoms with Gasteiger partial charge in [0.2, 0.25) is 6.10 Å². The van der Waals surface area contributed by atoms with Gasteiger partial charge in [0.05, 0.1) is 29.6 Å². The predicted octanol–water partition coefficient (Wildman–Crippen LogP) is 4.19. The maximum Gasteiger partial charge on any atom is 0.408 e. The Labute approximate surface area is 405 Å². The third-order valence-electron chi connectivity index (χ3n) is 15.7. The molecule has 18 nitrogen and oxygen atoms in total. The molecule has 2 heterocycles. The van der Waals surface area contributed by atoms with Crippen LogP contribution in [0.1, 0.15) is 110 Å². The van der Waals surface area contributed by atoms with Gasteiger partial charge in [0.15, 0.2) is 23.3 Å². The number of rotatable bonds is 12. The number of carbonyl (C=O) groups excluding carboxylic acids is 7. The van der Waals surface area contributed by atoms with E-state index in [-0.39, 0.29) is 48.7 Å². The van der Waals surface area contributed by atoms with Crippen molar-refractivity contribution in [3.05, 3.63) is 82.9 Å². The minimum atomic E-state index is -2.38. The summed E-state index contributed by atoms with van der Waals surface area (Å²) in [6.45, 7) is 13.7. The lowest BCUT2D eigenvalue weighted by Crippen LogP contribution is -2.81. The quantitative estimate of drug-likeness (QED) is 0.132. The van der Waals surface area contributed by atoms with E-state index < -0.39 is 137 Å². The predicted molar refractivity (Wildman–Crippen MR) is 243 cm³/mol. The van der Waals surface area contributed by atoms with E-state index in [1.165, 1.54) is 19.1 Å². The SMILES string of the molecule is CC(=O)O[C@@]12CO[C@@H]1C[C@H](O)[C@@]1(C)C(=O)[C@H](O)C3=C(C)C4[C@@H](OC(=O)[C@H](OC(=O)C5CCC(C(=O)C(C)C)O5)[C@@H](NC(=O)OC(C)(C)C)c5ccccc5)C[C@@](O)([C@@H](OC(=O)c5ccccc5)[C@H]21)C34C. The fourth-order valence-electron chi connectivity index (χ4n) is 12.4. The molecule has 0 radical (unpaired) electrons. The highest BCUT2D eigenvalue weighted by molar-refractivity contribution is 5.95. The fraction of sp³-hybridized carbons (Fsp3) is 0.596. The molecular weight excluding hydrogens is 911 g/mol. The highest BCUT2D eigenvalue weighted by atomic mass is 16.6. The van der Waals surface area contributed by atoms with Crippen LogP contribution in [-0.4, -0.2) is 129 Å². The molecule has 2 aromatic rings. The zero-order chi connectivity index (χ0) is 51.0. The molecule has 18 heteroatoms. The number of aliphatic hydroxyl groups is 3. The number of aliphatic hydroxyl groups excluding tert-OH is 2. The normalized spacial score (nSPS) is 36.0.